The van der Waals surface area contributed by atoms with Crippen LogP contribution >= 0.6 is 0 Å². The smallest absolute Gasteiger partial charge is 0.134 e. The molecule has 1 aliphatic rings. The van der Waals surface area contributed by atoms with Crippen molar-refractivity contribution in [1.29, 1.82) is 0 Å². The molecule has 0 aliphatic heterocycles. The van der Waals surface area contributed by atoms with E-state index in [-0.39, 0.29) is 5.82 Å². The second kappa shape index (κ2) is 3.60. The van der Waals surface area contributed by atoms with Gasteiger partial charge in [0.25, 0.3) is 0 Å². The average Bonchev–Trinajstić information content (AvgIpc) is 2.72. The first-order valence-corrected chi connectivity index (χ1v) is 5.48. The molecule has 1 unspecified atom stereocenters. The number of aliphatic hydroxyl groups is 1. The highest BCUT2D eigenvalue weighted by Crippen LogP contribution is 2.41. The molecule has 2 aromatic rings. The lowest BCUT2D eigenvalue weighted by molar-refractivity contribution is 0.0778. The molecule has 86 valence electrons. The maximum Gasteiger partial charge on any atom is 0.134 e. The number of rotatable bonds is 1. The fraction of sp³-hybridized carbons (Fsp3) is 0.231. The SMILES string of the molecule is OC1(c2cnccn2)CCc2c(F)cccc21. The number of fused-ring (bicyclic) bond motifs is 1. The van der Waals surface area contributed by atoms with Crippen LogP contribution in [0, 0.1) is 5.82 Å². The number of hydrogen-bond acceptors (Lipinski definition) is 3. The summed E-state index contributed by atoms with van der Waals surface area (Å²) in [6.45, 7) is 0. The third kappa shape index (κ3) is 1.45. The van der Waals surface area contributed by atoms with Gasteiger partial charge in [-0.1, -0.05) is 12.1 Å². The monoisotopic (exact) mass is 230 g/mol. The van der Waals surface area contributed by atoms with E-state index in [0.717, 1.165) is 0 Å². The van der Waals surface area contributed by atoms with Gasteiger partial charge in [0, 0.05) is 12.4 Å². The third-order valence-corrected chi connectivity index (χ3v) is 3.29. The van der Waals surface area contributed by atoms with Gasteiger partial charge in [0.2, 0.25) is 0 Å². The number of halogens is 1. The summed E-state index contributed by atoms with van der Waals surface area (Å²) >= 11 is 0. The summed E-state index contributed by atoms with van der Waals surface area (Å²) in [6.07, 6.45) is 5.58. The third-order valence-electron chi connectivity index (χ3n) is 3.29. The van der Waals surface area contributed by atoms with Crippen LogP contribution in [0.1, 0.15) is 23.2 Å². The lowest BCUT2D eigenvalue weighted by atomic mass is 9.92. The maximum atomic E-state index is 13.6. The van der Waals surface area contributed by atoms with Crippen molar-refractivity contribution in [3.8, 4) is 0 Å². The standard InChI is InChI=1S/C13H11FN2O/c14-11-3-1-2-10-9(11)4-5-13(10,17)12-8-15-6-7-16-12/h1-3,6-8,17H,4-5H2. The molecule has 0 amide bonds. The Bertz CT molecular complexity index is 559. The van der Waals surface area contributed by atoms with E-state index in [1.807, 2.05) is 0 Å². The average molecular weight is 230 g/mol. The van der Waals surface area contributed by atoms with Crippen molar-refractivity contribution in [2.45, 2.75) is 18.4 Å². The number of nitrogens with zero attached hydrogens (tertiary/aromatic N) is 2. The molecule has 3 rings (SSSR count). The summed E-state index contributed by atoms with van der Waals surface area (Å²) in [5.41, 5.74) is 0.467. The van der Waals surface area contributed by atoms with E-state index in [1.54, 1.807) is 18.3 Å². The van der Waals surface area contributed by atoms with Crippen molar-refractivity contribution in [2.75, 3.05) is 0 Å². The van der Waals surface area contributed by atoms with E-state index in [0.29, 0.717) is 29.7 Å². The summed E-state index contributed by atoms with van der Waals surface area (Å²) < 4.78 is 13.6. The van der Waals surface area contributed by atoms with E-state index >= 15 is 0 Å². The Morgan fingerprint density at radius 1 is 1.29 bits per heavy atom. The van der Waals surface area contributed by atoms with Gasteiger partial charge in [0.05, 0.1) is 11.9 Å². The first kappa shape index (κ1) is 10.4. The number of hydrogen-bond donors (Lipinski definition) is 1. The van der Waals surface area contributed by atoms with Crippen LogP contribution in [0.5, 0.6) is 0 Å². The van der Waals surface area contributed by atoms with Crippen LogP contribution in [0.15, 0.2) is 36.8 Å². The van der Waals surface area contributed by atoms with Gasteiger partial charge in [-0.25, -0.2) is 4.39 Å². The van der Waals surface area contributed by atoms with Gasteiger partial charge >= 0.3 is 0 Å². The zero-order valence-corrected chi connectivity index (χ0v) is 9.10. The van der Waals surface area contributed by atoms with E-state index in [2.05, 4.69) is 9.97 Å². The molecule has 1 N–H and O–H groups in total. The van der Waals surface area contributed by atoms with Crippen molar-refractivity contribution >= 4 is 0 Å². The van der Waals surface area contributed by atoms with E-state index in [4.69, 9.17) is 0 Å². The summed E-state index contributed by atoms with van der Waals surface area (Å²) in [7, 11) is 0. The van der Waals surface area contributed by atoms with Gasteiger partial charge in [-0.05, 0) is 30.0 Å². The summed E-state index contributed by atoms with van der Waals surface area (Å²) in [6, 6.07) is 4.78. The molecule has 1 heterocycles. The van der Waals surface area contributed by atoms with Gasteiger partial charge in [-0.3, -0.25) is 9.97 Å². The first-order valence-electron chi connectivity index (χ1n) is 5.48. The van der Waals surface area contributed by atoms with Gasteiger partial charge in [-0.2, -0.15) is 0 Å². The summed E-state index contributed by atoms with van der Waals surface area (Å²) in [4.78, 5) is 8.08. The Kier molecular flexibility index (Phi) is 2.19. The predicted molar refractivity (Wildman–Crippen MR) is 59.8 cm³/mol. The van der Waals surface area contributed by atoms with Crippen LogP contribution in [0.4, 0.5) is 4.39 Å². The first-order chi connectivity index (χ1) is 8.22. The molecular formula is C13H11FN2O. The van der Waals surface area contributed by atoms with Crippen LogP contribution < -0.4 is 0 Å². The highest BCUT2D eigenvalue weighted by Gasteiger charge is 2.40. The molecule has 0 saturated carbocycles. The largest absolute Gasteiger partial charge is 0.379 e. The van der Waals surface area contributed by atoms with Crippen LogP contribution in [-0.4, -0.2) is 15.1 Å². The fourth-order valence-electron chi connectivity index (χ4n) is 2.42. The number of benzene rings is 1. The second-order valence-electron chi connectivity index (χ2n) is 4.22. The van der Waals surface area contributed by atoms with E-state index in [9.17, 15) is 9.50 Å². The minimum atomic E-state index is -1.20. The van der Waals surface area contributed by atoms with E-state index < -0.39 is 5.60 Å². The van der Waals surface area contributed by atoms with Crippen LogP contribution in [0.3, 0.4) is 0 Å². The molecule has 1 aliphatic carbocycles. The minimum absolute atomic E-state index is 0.262. The fourth-order valence-corrected chi connectivity index (χ4v) is 2.42. The molecule has 3 nitrogen and oxygen atoms in total. The predicted octanol–water partition coefficient (Wildman–Crippen LogP) is 1.80. The Hall–Kier alpha value is -1.81. The van der Waals surface area contributed by atoms with Crippen molar-refractivity contribution < 1.29 is 9.50 Å². The van der Waals surface area contributed by atoms with Crippen LogP contribution in [-0.2, 0) is 12.0 Å². The molecule has 0 saturated heterocycles. The highest BCUT2D eigenvalue weighted by atomic mass is 19.1. The van der Waals surface area contributed by atoms with Crippen LogP contribution in [0.2, 0.25) is 0 Å². The Balaban J connectivity index is 2.18. The minimum Gasteiger partial charge on any atom is -0.379 e. The molecule has 0 fully saturated rings. The van der Waals surface area contributed by atoms with Crippen molar-refractivity contribution in [2.24, 2.45) is 0 Å². The number of aromatic nitrogens is 2. The molecular weight excluding hydrogens is 219 g/mol. The molecule has 0 spiro atoms. The van der Waals surface area contributed by atoms with Gasteiger partial charge in [0.1, 0.15) is 11.4 Å². The Labute approximate surface area is 98.0 Å². The molecule has 17 heavy (non-hydrogen) atoms. The van der Waals surface area contributed by atoms with Crippen LogP contribution in [0.25, 0.3) is 0 Å². The van der Waals surface area contributed by atoms with E-state index in [1.165, 1.54) is 18.5 Å². The van der Waals surface area contributed by atoms with Crippen molar-refractivity contribution in [1.82, 2.24) is 9.97 Å². The Morgan fingerprint density at radius 3 is 2.94 bits per heavy atom. The second-order valence-corrected chi connectivity index (χ2v) is 4.22. The van der Waals surface area contributed by atoms with Gasteiger partial charge in [0.15, 0.2) is 0 Å². The quantitative estimate of drug-likeness (QED) is 0.812. The normalized spacial score (nSPS) is 22.5. The molecule has 1 aromatic heterocycles. The Morgan fingerprint density at radius 2 is 2.18 bits per heavy atom. The molecule has 0 bridgehead atoms. The summed E-state index contributed by atoms with van der Waals surface area (Å²) in [5, 5.41) is 10.7. The topological polar surface area (TPSA) is 46.0 Å². The molecule has 1 atom stereocenters. The zero-order valence-electron chi connectivity index (χ0n) is 9.10. The van der Waals surface area contributed by atoms with Gasteiger partial charge in [-0.15, -0.1) is 0 Å². The van der Waals surface area contributed by atoms with Gasteiger partial charge < -0.3 is 5.11 Å². The highest BCUT2D eigenvalue weighted by molar-refractivity contribution is 5.43. The molecule has 4 heteroatoms. The lowest BCUT2D eigenvalue weighted by Crippen LogP contribution is -2.25. The van der Waals surface area contributed by atoms with Crippen molar-refractivity contribution in [3.05, 3.63) is 59.4 Å². The molecule has 0 radical (unpaired) electrons. The molecule has 1 aromatic carbocycles. The maximum absolute atomic E-state index is 13.6. The summed E-state index contributed by atoms with van der Waals surface area (Å²) in [5.74, 6) is -0.262. The lowest BCUT2D eigenvalue weighted by Gasteiger charge is -2.22. The van der Waals surface area contributed by atoms with Crippen molar-refractivity contribution in [3.63, 3.8) is 0 Å². The zero-order chi connectivity index (χ0) is 11.9.